The monoisotopic (exact) mass is 378 g/mol. The van der Waals surface area contributed by atoms with E-state index < -0.39 is 15.9 Å². The highest BCUT2D eigenvalue weighted by Crippen LogP contribution is 2.34. The molecule has 0 aliphatic carbocycles. The lowest BCUT2D eigenvalue weighted by Crippen LogP contribution is -2.29. The minimum atomic E-state index is -3.65. The Balaban J connectivity index is 1.90. The number of hydrogen-bond donors (Lipinski definition) is 2. The Bertz CT molecular complexity index is 940. The summed E-state index contributed by atoms with van der Waals surface area (Å²) in [7, 11) is -3.65. The number of halogens is 1. The van der Waals surface area contributed by atoms with Crippen molar-refractivity contribution in [3.63, 3.8) is 0 Å². The molecule has 2 aromatic rings. The van der Waals surface area contributed by atoms with Gasteiger partial charge in [-0.15, -0.1) is 0 Å². The van der Waals surface area contributed by atoms with Gasteiger partial charge in [-0.2, -0.15) is 0 Å². The van der Waals surface area contributed by atoms with Crippen LogP contribution in [0.25, 0.3) is 6.08 Å². The first-order valence-electron chi connectivity index (χ1n) is 7.45. The average molecular weight is 379 g/mol. The van der Waals surface area contributed by atoms with Gasteiger partial charge < -0.3 is 0 Å². The normalized spacial score (nSPS) is 13.9. The van der Waals surface area contributed by atoms with Gasteiger partial charge in [-0.25, -0.2) is 13.9 Å². The third-order valence-electron chi connectivity index (χ3n) is 3.90. The van der Waals surface area contributed by atoms with E-state index in [2.05, 4.69) is 0 Å². The van der Waals surface area contributed by atoms with E-state index in [0.29, 0.717) is 23.7 Å². The van der Waals surface area contributed by atoms with Crippen molar-refractivity contribution in [3.05, 3.63) is 64.7 Å². The predicted octanol–water partition coefficient (Wildman–Crippen LogP) is 2.61. The minimum Gasteiger partial charge on any atom is -0.288 e. The number of anilines is 1. The molecule has 0 fully saturated rings. The lowest BCUT2D eigenvalue weighted by Gasteiger charge is -2.19. The Labute approximate surface area is 150 Å². The molecular formula is C17H15ClN2O4S. The van der Waals surface area contributed by atoms with Crippen molar-refractivity contribution >= 4 is 39.3 Å². The van der Waals surface area contributed by atoms with Crippen molar-refractivity contribution in [2.24, 2.45) is 0 Å². The van der Waals surface area contributed by atoms with Crippen LogP contribution in [0.3, 0.4) is 0 Å². The van der Waals surface area contributed by atoms with E-state index in [4.69, 9.17) is 16.8 Å². The molecule has 1 heterocycles. The summed E-state index contributed by atoms with van der Waals surface area (Å²) in [6.45, 7) is 0.352. The maximum absolute atomic E-state index is 12.8. The summed E-state index contributed by atoms with van der Waals surface area (Å²) in [6.07, 6.45) is 3.32. The van der Waals surface area contributed by atoms with Crippen LogP contribution in [0.4, 0.5) is 5.69 Å². The molecule has 2 aromatic carbocycles. The summed E-state index contributed by atoms with van der Waals surface area (Å²) in [6, 6.07) is 11.3. The lowest BCUT2D eigenvalue weighted by atomic mass is 10.1. The maximum Gasteiger partial charge on any atom is 0.267 e. The van der Waals surface area contributed by atoms with Gasteiger partial charge in [0, 0.05) is 17.6 Å². The van der Waals surface area contributed by atoms with Gasteiger partial charge in [-0.05, 0) is 60.0 Å². The molecular weight excluding hydrogens is 364 g/mol. The zero-order valence-electron chi connectivity index (χ0n) is 13.0. The van der Waals surface area contributed by atoms with E-state index in [1.54, 1.807) is 30.3 Å². The molecule has 25 heavy (non-hydrogen) atoms. The molecule has 2 N–H and O–H groups in total. The van der Waals surface area contributed by atoms with E-state index in [1.807, 2.05) is 6.07 Å². The molecule has 0 atom stereocenters. The molecule has 3 rings (SSSR count). The third-order valence-corrected chi connectivity index (χ3v) is 5.97. The Kier molecular flexibility index (Phi) is 4.80. The van der Waals surface area contributed by atoms with Crippen LogP contribution in [-0.2, 0) is 21.2 Å². The van der Waals surface area contributed by atoms with Crippen LogP contribution in [0.1, 0.15) is 11.1 Å². The van der Waals surface area contributed by atoms with E-state index in [0.717, 1.165) is 11.1 Å². The first kappa shape index (κ1) is 17.5. The number of nitrogens with one attached hydrogen (secondary N) is 1. The molecule has 0 unspecified atom stereocenters. The third kappa shape index (κ3) is 3.53. The molecule has 0 radical (unpaired) electrons. The van der Waals surface area contributed by atoms with Crippen molar-refractivity contribution < 1.29 is 18.4 Å². The van der Waals surface area contributed by atoms with Gasteiger partial charge in [0.05, 0.1) is 10.6 Å². The number of amides is 1. The molecule has 1 aliphatic rings. The van der Waals surface area contributed by atoms with Crippen molar-refractivity contribution in [3.8, 4) is 0 Å². The summed E-state index contributed by atoms with van der Waals surface area (Å²) >= 11 is 5.82. The van der Waals surface area contributed by atoms with Gasteiger partial charge in [0.2, 0.25) is 0 Å². The Hall–Kier alpha value is -2.35. The van der Waals surface area contributed by atoms with Crippen LogP contribution < -0.4 is 9.79 Å². The van der Waals surface area contributed by atoms with Crippen LogP contribution in [0.2, 0.25) is 5.02 Å². The molecule has 0 bridgehead atoms. The van der Waals surface area contributed by atoms with Gasteiger partial charge in [0.25, 0.3) is 15.9 Å². The lowest BCUT2D eigenvalue weighted by molar-refractivity contribution is -0.124. The quantitative estimate of drug-likeness (QED) is 0.486. The van der Waals surface area contributed by atoms with Crippen LogP contribution in [0.15, 0.2) is 53.4 Å². The van der Waals surface area contributed by atoms with Crippen LogP contribution in [0, 0.1) is 0 Å². The Morgan fingerprint density at radius 3 is 2.60 bits per heavy atom. The minimum absolute atomic E-state index is 0.188. The highest BCUT2D eigenvalue weighted by molar-refractivity contribution is 7.92. The van der Waals surface area contributed by atoms with Crippen LogP contribution in [0.5, 0.6) is 0 Å². The molecule has 0 saturated heterocycles. The number of benzene rings is 2. The van der Waals surface area contributed by atoms with Gasteiger partial charge in [-0.3, -0.25) is 14.3 Å². The average Bonchev–Trinajstić information content (AvgIpc) is 3.04. The molecule has 0 aromatic heterocycles. The van der Waals surface area contributed by atoms with Crippen LogP contribution >= 0.6 is 11.6 Å². The van der Waals surface area contributed by atoms with E-state index in [-0.39, 0.29) is 4.90 Å². The number of fused-ring (bicyclic) bond motifs is 1. The molecule has 1 aliphatic heterocycles. The second kappa shape index (κ2) is 6.87. The van der Waals surface area contributed by atoms with Gasteiger partial charge in [0.1, 0.15) is 0 Å². The highest BCUT2D eigenvalue weighted by Gasteiger charge is 2.30. The second-order valence-corrected chi connectivity index (χ2v) is 7.78. The largest absolute Gasteiger partial charge is 0.288 e. The smallest absolute Gasteiger partial charge is 0.267 e. The van der Waals surface area contributed by atoms with Crippen molar-refractivity contribution in [1.29, 1.82) is 0 Å². The molecule has 8 heteroatoms. The standard InChI is InChI=1S/C17H15ClN2O4S/c18-14-3-5-15(6-4-14)25(23,24)20-10-9-13-11-12(1-7-16(13)20)2-8-17(21)19-22/h1-8,11,22H,9-10H2,(H,19,21). The number of sulfonamides is 1. The summed E-state index contributed by atoms with van der Waals surface area (Å²) < 4.78 is 27.0. The SMILES string of the molecule is O=C(C=Cc1ccc2c(c1)CCN2S(=O)(=O)c1ccc(Cl)cc1)NO. The van der Waals surface area contributed by atoms with Crippen molar-refractivity contribution in [2.75, 3.05) is 10.8 Å². The van der Waals surface area contributed by atoms with Gasteiger partial charge >= 0.3 is 0 Å². The van der Waals surface area contributed by atoms with E-state index in [9.17, 15) is 13.2 Å². The first-order chi connectivity index (χ1) is 11.9. The molecule has 6 nitrogen and oxygen atoms in total. The number of carbonyl (C=O) groups excluding carboxylic acids is 1. The molecule has 130 valence electrons. The van der Waals surface area contributed by atoms with Gasteiger partial charge in [-0.1, -0.05) is 17.7 Å². The van der Waals surface area contributed by atoms with Crippen molar-refractivity contribution in [2.45, 2.75) is 11.3 Å². The zero-order chi connectivity index (χ0) is 18.0. The summed E-state index contributed by atoms with van der Waals surface area (Å²) in [4.78, 5) is 11.2. The van der Waals surface area contributed by atoms with Crippen LogP contribution in [-0.4, -0.2) is 26.1 Å². The number of carbonyl (C=O) groups is 1. The number of rotatable bonds is 4. The van der Waals surface area contributed by atoms with Crippen molar-refractivity contribution in [1.82, 2.24) is 5.48 Å². The zero-order valence-corrected chi connectivity index (χ0v) is 14.6. The van der Waals surface area contributed by atoms with E-state index in [1.165, 1.54) is 28.0 Å². The number of nitrogens with zero attached hydrogens (tertiary/aromatic N) is 1. The fourth-order valence-electron chi connectivity index (χ4n) is 2.69. The second-order valence-electron chi connectivity index (χ2n) is 5.48. The topological polar surface area (TPSA) is 86.7 Å². The first-order valence-corrected chi connectivity index (χ1v) is 9.27. The predicted molar refractivity (Wildman–Crippen MR) is 95.1 cm³/mol. The maximum atomic E-state index is 12.8. The summed E-state index contributed by atoms with van der Waals surface area (Å²) in [5.74, 6) is -0.632. The Morgan fingerprint density at radius 1 is 1.20 bits per heavy atom. The summed E-state index contributed by atoms with van der Waals surface area (Å²) in [5.41, 5.74) is 3.76. The molecule has 1 amide bonds. The Morgan fingerprint density at radius 2 is 1.92 bits per heavy atom. The van der Waals surface area contributed by atoms with E-state index >= 15 is 0 Å². The van der Waals surface area contributed by atoms with Gasteiger partial charge in [0.15, 0.2) is 0 Å². The summed E-state index contributed by atoms with van der Waals surface area (Å²) in [5, 5.41) is 8.96. The fraction of sp³-hybridized carbons (Fsp3) is 0.118. The fourth-order valence-corrected chi connectivity index (χ4v) is 4.32. The number of hydrogen-bond acceptors (Lipinski definition) is 4. The molecule has 0 saturated carbocycles. The number of hydroxylamine groups is 1. The highest BCUT2D eigenvalue weighted by atomic mass is 35.5. The molecule has 0 spiro atoms.